The number of ether oxygens (including phenoxy) is 1. The number of nitrogens with two attached hydrogens (primary N) is 1. The molecule has 4 nitrogen and oxygen atoms in total. The van der Waals surface area contributed by atoms with Crippen LogP contribution < -0.4 is 10.5 Å². The van der Waals surface area contributed by atoms with Crippen molar-refractivity contribution in [2.24, 2.45) is 5.73 Å². The van der Waals surface area contributed by atoms with E-state index in [2.05, 4.69) is 4.74 Å². The maximum atomic E-state index is 12.2. The Bertz CT molecular complexity index is 556. The van der Waals surface area contributed by atoms with Crippen LogP contribution in [0.15, 0.2) is 18.2 Å². The molecule has 0 saturated carbocycles. The van der Waals surface area contributed by atoms with Gasteiger partial charge in [0, 0.05) is 6.54 Å². The Morgan fingerprint density at radius 1 is 1.20 bits per heavy atom. The number of rotatable bonds is 6. The molecule has 0 aliphatic heterocycles. The lowest BCUT2D eigenvalue weighted by Gasteiger charge is -2.12. The maximum Gasteiger partial charge on any atom is 0.573 e. The van der Waals surface area contributed by atoms with Gasteiger partial charge in [-0.15, -0.1) is 13.2 Å². The predicted molar refractivity (Wildman–Crippen MR) is 69.0 cm³/mol. The molecule has 1 aromatic carbocycles. The van der Waals surface area contributed by atoms with E-state index >= 15 is 0 Å². The van der Waals surface area contributed by atoms with E-state index < -0.39 is 21.9 Å². The van der Waals surface area contributed by atoms with Gasteiger partial charge in [-0.05, 0) is 29.7 Å². The third-order valence-electron chi connectivity index (χ3n) is 2.48. The minimum absolute atomic E-state index is 0.0261. The second kappa shape index (κ2) is 6.45. The van der Waals surface area contributed by atoms with Crippen LogP contribution in [-0.4, -0.2) is 27.1 Å². The summed E-state index contributed by atoms with van der Waals surface area (Å²) < 4.78 is 63.8. The van der Waals surface area contributed by atoms with E-state index in [0.717, 1.165) is 6.07 Å². The van der Waals surface area contributed by atoms with Crippen LogP contribution in [0, 0.1) is 0 Å². The Hall–Kier alpha value is -1.28. The summed E-state index contributed by atoms with van der Waals surface area (Å²) in [6, 6.07) is 3.88. The average Bonchev–Trinajstić information content (AvgIpc) is 2.25. The predicted octanol–water partition coefficient (Wildman–Crippen LogP) is 2.02. The number of halogens is 3. The molecule has 0 aliphatic rings. The first-order chi connectivity index (χ1) is 9.15. The topological polar surface area (TPSA) is 69.4 Å². The summed E-state index contributed by atoms with van der Waals surface area (Å²) in [4.78, 5) is 0. The van der Waals surface area contributed by atoms with Crippen molar-refractivity contribution < 1.29 is 26.3 Å². The van der Waals surface area contributed by atoms with Gasteiger partial charge in [0.25, 0.3) is 0 Å². The molecule has 0 atom stereocenters. The molecule has 0 saturated heterocycles. The van der Waals surface area contributed by atoms with Crippen molar-refractivity contribution in [3.63, 3.8) is 0 Å². The number of alkyl halides is 3. The summed E-state index contributed by atoms with van der Waals surface area (Å²) >= 11 is 0. The first-order valence-electron chi connectivity index (χ1n) is 5.94. The number of aryl methyl sites for hydroxylation is 1. The molecular formula is C12H16F3NO3S. The van der Waals surface area contributed by atoms with Crippen LogP contribution in [0.4, 0.5) is 13.2 Å². The van der Waals surface area contributed by atoms with Crippen molar-refractivity contribution in [2.45, 2.75) is 25.5 Å². The van der Waals surface area contributed by atoms with Gasteiger partial charge in [0.1, 0.15) is 5.75 Å². The lowest BCUT2D eigenvalue weighted by molar-refractivity contribution is -0.274. The average molecular weight is 311 g/mol. The quantitative estimate of drug-likeness (QED) is 0.872. The first kappa shape index (κ1) is 16.8. The summed E-state index contributed by atoms with van der Waals surface area (Å²) in [5.41, 5.74) is 6.02. The Balaban J connectivity index is 3.05. The van der Waals surface area contributed by atoms with Gasteiger partial charge >= 0.3 is 6.36 Å². The van der Waals surface area contributed by atoms with Crippen LogP contribution in [0.3, 0.4) is 0 Å². The number of hydrogen-bond acceptors (Lipinski definition) is 4. The molecule has 0 radical (unpaired) electrons. The molecule has 0 bridgehead atoms. The number of sulfone groups is 1. The van der Waals surface area contributed by atoms with Gasteiger partial charge < -0.3 is 10.5 Å². The molecule has 1 rings (SSSR count). The minimum atomic E-state index is -4.81. The molecule has 8 heteroatoms. The zero-order valence-electron chi connectivity index (χ0n) is 10.9. The molecule has 0 aromatic heterocycles. The molecule has 0 fully saturated rings. The summed E-state index contributed by atoms with van der Waals surface area (Å²) in [5, 5.41) is 0. The molecule has 20 heavy (non-hydrogen) atoms. The Morgan fingerprint density at radius 2 is 1.80 bits per heavy atom. The van der Waals surface area contributed by atoms with Crippen LogP contribution in [0.1, 0.15) is 18.1 Å². The van der Waals surface area contributed by atoms with Gasteiger partial charge in [-0.3, -0.25) is 0 Å². The smallest absolute Gasteiger partial charge is 0.406 e. The highest BCUT2D eigenvalue weighted by Crippen LogP contribution is 2.26. The summed E-state index contributed by atoms with van der Waals surface area (Å²) in [6.07, 6.45) is -4.33. The van der Waals surface area contributed by atoms with E-state index in [1.807, 2.05) is 0 Å². The van der Waals surface area contributed by atoms with Crippen LogP contribution in [0.25, 0.3) is 0 Å². The molecule has 1 aromatic rings. The molecule has 2 N–H and O–H groups in total. The third kappa shape index (κ3) is 5.79. The number of benzene rings is 1. The first-order valence-corrected chi connectivity index (χ1v) is 7.76. The molecule has 114 valence electrons. The highest BCUT2D eigenvalue weighted by molar-refractivity contribution is 7.90. The maximum absolute atomic E-state index is 12.2. The normalized spacial score (nSPS) is 12.4. The molecule has 0 unspecified atom stereocenters. The van der Waals surface area contributed by atoms with Gasteiger partial charge in [0.05, 0.1) is 11.5 Å². The van der Waals surface area contributed by atoms with Crippen LogP contribution in [0.2, 0.25) is 0 Å². The highest BCUT2D eigenvalue weighted by atomic mass is 32.2. The van der Waals surface area contributed by atoms with Gasteiger partial charge in [-0.2, -0.15) is 0 Å². The fourth-order valence-corrected chi connectivity index (χ4v) is 2.89. The van der Waals surface area contributed by atoms with Crippen molar-refractivity contribution in [3.05, 3.63) is 29.3 Å². The van der Waals surface area contributed by atoms with E-state index in [1.54, 1.807) is 13.0 Å². The molecular weight excluding hydrogens is 295 g/mol. The zero-order valence-corrected chi connectivity index (χ0v) is 11.7. The highest BCUT2D eigenvalue weighted by Gasteiger charge is 2.31. The fourth-order valence-electron chi connectivity index (χ4n) is 1.71. The minimum Gasteiger partial charge on any atom is -0.406 e. The standard InChI is InChI=1S/C12H16F3NO3S/c1-2-9-5-10(8-20(17,18)4-3-16)7-11(6-9)19-12(13,14)15/h5-7H,2-4,8,16H2,1H3. The largest absolute Gasteiger partial charge is 0.573 e. The molecule has 0 heterocycles. The van der Waals surface area contributed by atoms with Crippen LogP contribution >= 0.6 is 0 Å². The summed E-state index contributed by atoms with van der Waals surface area (Å²) in [5.74, 6) is -0.972. The van der Waals surface area contributed by atoms with E-state index in [-0.39, 0.29) is 23.6 Å². The van der Waals surface area contributed by atoms with Crippen molar-refractivity contribution in [2.75, 3.05) is 12.3 Å². The lowest BCUT2D eigenvalue weighted by Crippen LogP contribution is -2.19. The summed E-state index contributed by atoms with van der Waals surface area (Å²) in [7, 11) is -3.43. The Kier molecular flexibility index (Phi) is 5.41. The van der Waals surface area contributed by atoms with E-state index in [4.69, 9.17) is 5.73 Å². The van der Waals surface area contributed by atoms with Crippen molar-refractivity contribution in [1.82, 2.24) is 0 Å². The van der Waals surface area contributed by atoms with Crippen LogP contribution in [-0.2, 0) is 22.0 Å². The zero-order chi connectivity index (χ0) is 15.4. The Morgan fingerprint density at radius 3 is 2.30 bits per heavy atom. The Labute approximate surface area is 115 Å². The number of hydrogen-bond donors (Lipinski definition) is 1. The van der Waals surface area contributed by atoms with E-state index in [0.29, 0.717) is 12.0 Å². The SMILES string of the molecule is CCc1cc(CS(=O)(=O)CCN)cc(OC(F)(F)F)c1. The van der Waals surface area contributed by atoms with E-state index in [9.17, 15) is 21.6 Å². The monoisotopic (exact) mass is 311 g/mol. The van der Waals surface area contributed by atoms with Gasteiger partial charge in [0.15, 0.2) is 9.84 Å². The van der Waals surface area contributed by atoms with Crippen molar-refractivity contribution in [3.8, 4) is 5.75 Å². The van der Waals surface area contributed by atoms with Crippen LogP contribution in [0.5, 0.6) is 5.75 Å². The lowest BCUT2D eigenvalue weighted by atomic mass is 10.1. The van der Waals surface area contributed by atoms with Gasteiger partial charge in [-0.25, -0.2) is 8.42 Å². The van der Waals surface area contributed by atoms with Crippen molar-refractivity contribution in [1.29, 1.82) is 0 Å². The van der Waals surface area contributed by atoms with Crippen molar-refractivity contribution >= 4 is 9.84 Å². The molecule has 0 amide bonds. The van der Waals surface area contributed by atoms with Gasteiger partial charge in [0.2, 0.25) is 0 Å². The second-order valence-electron chi connectivity index (χ2n) is 4.27. The molecule has 0 aliphatic carbocycles. The molecule has 0 spiro atoms. The van der Waals surface area contributed by atoms with E-state index in [1.165, 1.54) is 6.07 Å². The third-order valence-corrected chi connectivity index (χ3v) is 4.11. The van der Waals surface area contributed by atoms with Gasteiger partial charge in [-0.1, -0.05) is 13.0 Å². The second-order valence-corrected chi connectivity index (χ2v) is 6.45. The summed E-state index contributed by atoms with van der Waals surface area (Å²) in [6.45, 7) is 1.73. The fraction of sp³-hybridized carbons (Fsp3) is 0.500.